The van der Waals surface area contributed by atoms with Crippen LogP contribution in [-0.2, 0) is 0 Å². The molecular formula is C21H23N7. The molecule has 0 radical (unpaired) electrons. The lowest BCUT2D eigenvalue weighted by Gasteiger charge is -2.21. The summed E-state index contributed by atoms with van der Waals surface area (Å²) in [5.41, 5.74) is 9.74. The number of nitrogens with zero attached hydrogens (tertiary/aromatic N) is 4. The van der Waals surface area contributed by atoms with Crippen LogP contribution in [0.2, 0.25) is 0 Å². The SMILES string of the molecule is N=C(c1cccc(N2CCCNCC2)n1)c1cc(-c2cccnc2)ncc1N. The molecule has 7 heteroatoms. The molecule has 0 unspecified atom stereocenters. The minimum atomic E-state index is 0.292. The summed E-state index contributed by atoms with van der Waals surface area (Å²) in [5, 5.41) is 12.1. The van der Waals surface area contributed by atoms with Gasteiger partial charge in [-0.05, 0) is 43.3 Å². The van der Waals surface area contributed by atoms with Crippen LogP contribution >= 0.6 is 0 Å². The molecule has 4 rings (SSSR count). The van der Waals surface area contributed by atoms with E-state index in [0.717, 1.165) is 49.7 Å². The van der Waals surface area contributed by atoms with Gasteiger partial charge < -0.3 is 16.0 Å². The first-order valence-electron chi connectivity index (χ1n) is 9.40. The number of nitrogens with two attached hydrogens (primary N) is 1. The number of aromatic nitrogens is 3. The smallest absolute Gasteiger partial charge is 0.129 e. The summed E-state index contributed by atoms with van der Waals surface area (Å²) in [5.74, 6) is 0.895. The van der Waals surface area contributed by atoms with Crippen molar-refractivity contribution in [2.75, 3.05) is 36.8 Å². The standard InChI is InChI=1S/C21H23N7/c22-17-14-26-19(15-4-2-7-25-13-15)12-16(17)21(23)18-5-1-6-20(27-18)28-10-3-8-24-9-11-28/h1-2,4-7,12-14,23-24H,3,8-11,22H2. The maximum absolute atomic E-state index is 8.71. The quantitative estimate of drug-likeness (QED) is 0.607. The van der Waals surface area contributed by atoms with E-state index >= 15 is 0 Å². The van der Waals surface area contributed by atoms with Crippen molar-refractivity contribution in [1.82, 2.24) is 20.3 Å². The van der Waals surface area contributed by atoms with Crippen molar-refractivity contribution in [1.29, 1.82) is 5.41 Å². The average Bonchev–Trinajstić information content (AvgIpc) is 3.04. The first kappa shape index (κ1) is 18.1. The molecule has 7 nitrogen and oxygen atoms in total. The summed E-state index contributed by atoms with van der Waals surface area (Å²) >= 11 is 0. The number of pyridine rings is 3. The normalized spacial score (nSPS) is 14.5. The highest BCUT2D eigenvalue weighted by atomic mass is 15.2. The van der Waals surface area contributed by atoms with E-state index in [4.69, 9.17) is 16.1 Å². The van der Waals surface area contributed by atoms with Gasteiger partial charge in [0.05, 0.1) is 29.0 Å². The zero-order valence-corrected chi connectivity index (χ0v) is 15.6. The monoisotopic (exact) mass is 373 g/mol. The van der Waals surface area contributed by atoms with Gasteiger partial charge in [0, 0.05) is 43.2 Å². The van der Waals surface area contributed by atoms with E-state index in [1.807, 2.05) is 36.4 Å². The van der Waals surface area contributed by atoms with E-state index in [2.05, 4.69) is 20.2 Å². The highest BCUT2D eigenvalue weighted by molar-refractivity contribution is 6.13. The summed E-state index contributed by atoms with van der Waals surface area (Å²) in [6, 6.07) is 11.4. The van der Waals surface area contributed by atoms with E-state index < -0.39 is 0 Å². The fraction of sp³-hybridized carbons (Fsp3) is 0.238. The van der Waals surface area contributed by atoms with Crippen molar-refractivity contribution in [3.05, 3.63) is 66.2 Å². The molecule has 28 heavy (non-hydrogen) atoms. The van der Waals surface area contributed by atoms with E-state index in [1.165, 1.54) is 0 Å². The van der Waals surface area contributed by atoms with Gasteiger partial charge in [0.25, 0.3) is 0 Å². The van der Waals surface area contributed by atoms with Gasteiger partial charge in [-0.1, -0.05) is 6.07 Å². The lowest BCUT2D eigenvalue weighted by molar-refractivity contribution is 0.724. The summed E-state index contributed by atoms with van der Waals surface area (Å²) in [6.07, 6.45) is 6.14. The minimum Gasteiger partial charge on any atom is -0.397 e. The molecule has 1 aliphatic heterocycles. The Balaban J connectivity index is 1.65. The van der Waals surface area contributed by atoms with Crippen molar-refractivity contribution in [3.8, 4) is 11.3 Å². The molecule has 3 aromatic rings. The minimum absolute atomic E-state index is 0.292. The zero-order chi connectivity index (χ0) is 19.3. The molecule has 4 heterocycles. The lowest BCUT2D eigenvalue weighted by atomic mass is 10.0. The fourth-order valence-electron chi connectivity index (χ4n) is 3.31. The molecule has 0 atom stereocenters. The second-order valence-corrected chi connectivity index (χ2v) is 6.75. The summed E-state index contributed by atoms with van der Waals surface area (Å²) in [4.78, 5) is 15.5. The largest absolute Gasteiger partial charge is 0.397 e. The second-order valence-electron chi connectivity index (χ2n) is 6.75. The van der Waals surface area contributed by atoms with Crippen LogP contribution < -0.4 is 16.0 Å². The molecule has 1 fully saturated rings. The van der Waals surface area contributed by atoms with Crippen molar-refractivity contribution in [2.45, 2.75) is 6.42 Å². The van der Waals surface area contributed by atoms with Crippen LogP contribution in [-0.4, -0.2) is 46.8 Å². The number of hydrogen-bond acceptors (Lipinski definition) is 7. The van der Waals surface area contributed by atoms with E-state index in [0.29, 0.717) is 22.7 Å². The predicted molar refractivity (Wildman–Crippen MR) is 112 cm³/mol. The van der Waals surface area contributed by atoms with Gasteiger partial charge in [0.1, 0.15) is 5.82 Å². The Hall–Kier alpha value is -3.32. The third kappa shape index (κ3) is 3.84. The molecular weight excluding hydrogens is 350 g/mol. The Morgan fingerprint density at radius 3 is 2.89 bits per heavy atom. The average molecular weight is 373 g/mol. The van der Waals surface area contributed by atoms with E-state index in [-0.39, 0.29) is 0 Å². The number of hydrogen-bond donors (Lipinski definition) is 3. The van der Waals surface area contributed by atoms with Crippen molar-refractivity contribution in [3.63, 3.8) is 0 Å². The molecule has 0 amide bonds. The second kappa shape index (κ2) is 8.14. The highest BCUT2D eigenvalue weighted by Gasteiger charge is 2.15. The fourth-order valence-corrected chi connectivity index (χ4v) is 3.31. The van der Waals surface area contributed by atoms with E-state index in [9.17, 15) is 0 Å². The molecule has 3 aromatic heterocycles. The molecule has 0 bridgehead atoms. The molecule has 1 saturated heterocycles. The molecule has 142 valence electrons. The van der Waals surface area contributed by atoms with Crippen LogP contribution in [0.15, 0.2) is 55.0 Å². The first-order chi connectivity index (χ1) is 13.7. The third-order valence-corrected chi connectivity index (χ3v) is 4.82. The van der Waals surface area contributed by atoms with Gasteiger partial charge in [-0.3, -0.25) is 15.4 Å². The van der Waals surface area contributed by atoms with Gasteiger partial charge >= 0.3 is 0 Å². The topological polar surface area (TPSA) is 104 Å². The van der Waals surface area contributed by atoms with Crippen LogP contribution in [0.25, 0.3) is 11.3 Å². The predicted octanol–water partition coefficient (Wildman–Crippen LogP) is 2.34. The molecule has 0 aromatic carbocycles. The maximum Gasteiger partial charge on any atom is 0.129 e. The van der Waals surface area contributed by atoms with Crippen molar-refractivity contribution in [2.24, 2.45) is 0 Å². The van der Waals surface area contributed by atoms with Gasteiger partial charge in [-0.2, -0.15) is 0 Å². The Kier molecular flexibility index (Phi) is 5.25. The van der Waals surface area contributed by atoms with Crippen LogP contribution in [0.5, 0.6) is 0 Å². The van der Waals surface area contributed by atoms with Gasteiger partial charge in [-0.15, -0.1) is 0 Å². The summed E-state index contributed by atoms with van der Waals surface area (Å²) in [6.45, 7) is 3.83. The lowest BCUT2D eigenvalue weighted by Crippen LogP contribution is -2.29. The molecule has 1 aliphatic rings. The highest BCUT2D eigenvalue weighted by Crippen LogP contribution is 2.23. The summed E-state index contributed by atoms with van der Waals surface area (Å²) < 4.78 is 0. The molecule has 0 aliphatic carbocycles. The number of nitrogen functional groups attached to an aromatic ring is 1. The zero-order valence-electron chi connectivity index (χ0n) is 15.6. The Morgan fingerprint density at radius 2 is 2.04 bits per heavy atom. The number of rotatable bonds is 4. The van der Waals surface area contributed by atoms with Crippen molar-refractivity contribution >= 4 is 17.2 Å². The first-order valence-corrected chi connectivity index (χ1v) is 9.40. The molecule has 0 saturated carbocycles. The number of anilines is 2. The van der Waals surface area contributed by atoms with Crippen LogP contribution in [0, 0.1) is 5.41 Å². The van der Waals surface area contributed by atoms with Gasteiger partial charge in [0.2, 0.25) is 0 Å². The van der Waals surface area contributed by atoms with Crippen LogP contribution in [0.4, 0.5) is 11.5 Å². The Labute approximate surface area is 164 Å². The van der Waals surface area contributed by atoms with Gasteiger partial charge in [0.15, 0.2) is 0 Å². The Bertz CT molecular complexity index is 963. The summed E-state index contributed by atoms with van der Waals surface area (Å²) in [7, 11) is 0. The third-order valence-electron chi connectivity index (χ3n) is 4.82. The van der Waals surface area contributed by atoms with Crippen molar-refractivity contribution < 1.29 is 0 Å². The van der Waals surface area contributed by atoms with E-state index in [1.54, 1.807) is 18.6 Å². The molecule has 0 spiro atoms. The molecule has 4 N–H and O–H groups in total. The Morgan fingerprint density at radius 1 is 1.11 bits per heavy atom. The van der Waals surface area contributed by atoms with Gasteiger partial charge in [-0.25, -0.2) is 4.98 Å². The van der Waals surface area contributed by atoms with Crippen LogP contribution in [0.3, 0.4) is 0 Å². The van der Waals surface area contributed by atoms with Crippen LogP contribution in [0.1, 0.15) is 17.7 Å². The maximum atomic E-state index is 8.71. The number of nitrogens with one attached hydrogen (secondary N) is 2.